The number of rotatable bonds is 7. The number of hydrogen-bond donors (Lipinski definition) is 2. The number of halogens is 1. The maximum absolute atomic E-state index is 12.6. The van der Waals surface area contributed by atoms with Gasteiger partial charge in [-0.3, -0.25) is 14.7 Å². The summed E-state index contributed by atoms with van der Waals surface area (Å²) in [6.45, 7) is 12.6. The Morgan fingerprint density at radius 3 is 2.48 bits per heavy atom. The molecule has 6 nitrogen and oxygen atoms in total. The molecular formula is C24H40IN5O. The quantitative estimate of drug-likeness (QED) is 0.315. The Morgan fingerprint density at radius 1 is 1.16 bits per heavy atom. The first-order chi connectivity index (χ1) is 14.6. The van der Waals surface area contributed by atoms with E-state index in [2.05, 4.69) is 65.5 Å². The number of nitrogens with zero attached hydrogens (tertiary/aromatic N) is 3. The summed E-state index contributed by atoms with van der Waals surface area (Å²) >= 11 is 0. The molecule has 1 aliphatic carbocycles. The average Bonchev–Trinajstić information content (AvgIpc) is 3.29. The number of aryl methyl sites for hydroxylation is 1. The zero-order valence-electron chi connectivity index (χ0n) is 19.4. The first-order valence-electron chi connectivity index (χ1n) is 11.7. The number of amides is 1. The molecule has 0 bridgehead atoms. The highest BCUT2D eigenvalue weighted by molar-refractivity contribution is 14.0. The van der Waals surface area contributed by atoms with Gasteiger partial charge < -0.3 is 15.5 Å². The molecule has 1 atom stereocenters. The van der Waals surface area contributed by atoms with Crippen LogP contribution in [0.4, 0.5) is 0 Å². The number of hydrogen-bond acceptors (Lipinski definition) is 3. The van der Waals surface area contributed by atoms with Crippen LogP contribution in [0.3, 0.4) is 0 Å². The molecule has 1 amide bonds. The predicted molar refractivity (Wildman–Crippen MR) is 139 cm³/mol. The van der Waals surface area contributed by atoms with E-state index in [9.17, 15) is 4.79 Å². The Balaban J connectivity index is 0.00000341. The van der Waals surface area contributed by atoms with Crippen LogP contribution in [0.1, 0.15) is 56.7 Å². The normalized spacial score (nSPS) is 19.1. The number of carbonyl (C=O) groups excluding carboxylic acids is 1. The largest absolute Gasteiger partial charge is 0.357 e. The Hall–Kier alpha value is -1.35. The summed E-state index contributed by atoms with van der Waals surface area (Å²) in [6.07, 6.45) is 4.63. The van der Waals surface area contributed by atoms with Crippen molar-refractivity contribution in [1.29, 1.82) is 0 Å². The van der Waals surface area contributed by atoms with Crippen LogP contribution in [0, 0.1) is 12.8 Å². The van der Waals surface area contributed by atoms with Crippen molar-refractivity contribution >= 4 is 35.8 Å². The number of nitrogens with one attached hydrogen (secondary N) is 2. The third-order valence-corrected chi connectivity index (χ3v) is 6.43. The fourth-order valence-electron chi connectivity index (χ4n) is 4.60. The van der Waals surface area contributed by atoms with Crippen LogP contribution in [0.15, 0.2) is 29.3 Å². The van der Waals surface area contributed by atoms with Crippen LogP contribution in [0.25, 0.3) is 0 Å². The van der Waals surface area contributed by atoms with Crippen molar-refractivity contribution < 1.29 is 4.79 Å². The lowest BCUT2D eigenvalue weighted by Gasteiger charge is -2.35. The second-order valence-corrected chi connectivity index (χ2v) is 8.63. The van der Waals surface area contributed by atoms with Crippen LogP contribution < -0.4 is 10.6 Å². The number of guanidine groups is 1. The van der Waals surface area contributed by atoms with Gasteiger partial charge in [0.15, 0.2) is 5.96 Å². The summed E-state index contributed by atoms with van der Waals surface area (Å²) in [4.78, 5) is 21.9. The molecule has 2 fully saturated rings. The third-order valence-electron chi connectivity index (χ3n) is 6.43. The highest BCUT2D eigenvalue weighted by atomic mass is 127. The lowest BCUT2D eigenvalue weighted by atomic mass is 10.0. The minimum absolute atomic E-state index is 0. The molecule has 1 unspecified atom stereocenters. The maximum atomic E-state index is 12.6. The first kappa shape index (κ1) is 25.9. The van der Waals surface area contributed by atoms with Crippen molar-refractivity contribution in [3.8, 4) is 0 Å². The summed E-state index contributed by atoms with van der Waals surface area (Å²) < 4.78 is 0. The Kier molecular flexibility index (Phi) is 11.1. The summed E-state index contributed by atoms with van der Waals surface area (Å²) in [5.74, 6) is 1.56. The van der Waals surface area contributed by atoms with E-state index in [1.807, 2.05) is 0 Å². The lowest BCUT2D eigenvalue weighted by molar-refractivity contribution is -0.137. The highest BCUT2D eigenvalue weighted by Gasteiger charge is 2.29. The summed E-state index contributed by atoms with van der Waals surface area (Å²) in [5.41, 5.74) is 2.59. The molecule has 1 heterocycles. The van der Waals surface area contributed by atoms with E-state index in [-0.39, 0.29) is 30.0 Å². The van der Waals surface area contributed by atoms with Crippen molar-refractivity contribution in [2.75, 3.05) is 45.8 Å². The summed E-state index contributed by atoms with van der Waals surface area (Å²) in [5, 5.41) is 6.89. The molecule has 1 aromatic rings. The highest BCUT2D eigenvalue weighted by Crippen LogP contribution is 2.26. The van der Waals surface area contributed by atoms with Crippen molar-refractivity contribution in [1.82, 2.24) is 20.4 Å². The Labute approximate surface area is 205 Å². The number of aliphatic imine (C=N–C) groups is 1. The molecule has 0 spiro atoms. The van der Waals surface area contributed by atoms with Crippen LogP contribution in [0.2, 0.25) is 0 Å². The van der Waals surface area contributed by atoms with Gasteiger partial charge in [-0.05, 0) is 44.7 Å². The van der Waals surface area contributed by atoms with Gasteiger partial charge in [0, 0.05) is 45.2 Å². The first-order valence-corrected chi connectivity index (χ1v) is 11.7. The molecule has 2 N–H and O–H groups in total. The fourth-order valence-corrected chi connectivity index (χ4v) is 4.60. The molecule has 1 aromatic carbocycles. The topological polar surface area (TPSA) is 60.0 Å². The molecule has 7 heteroatoms. The van der Waals surface area contributed by atoms with Crippen LogP contribution in [-0.2, 0) is 4.79 Å². The number of piperazine rings is 1. The van der Waals surface area contributed by atoms with E-state index in [4.69, 9.17) is 4.99 Å². The molecule has 0 radical (unpaired) electrons. The van der Waals surface area contributed by atoms with Gasteiger partial charge in [0.25, 0.3) is 0 Å². The predicted octanol–water partition coefficient (Wildman–Crippen LogP) is 3.56. The molecule has 31 heavy (non-hydrogen) atoms. The zero-order valence-corrected chi connectivity index (χ0v) is 21.7. The second kappa shape index (κ2) is 13.3. The van der Waals surface area contributed by atoms with E-state index < -0.39 is 0 Å². The molecule has 2 aliphatic rings. The zero-order chi connectivity index (χ0) is 21.3. The van der Waals surface area contributed by atoms with E-state index >= 15 is 0 Å². The standard InChI is InChI=1S/C24H39N5O.HI/c1-4-25-24(27-20(3)22-12-8-5-9-19(22)2)26-13-14-28-15-17-29(18-16-28)23(30)21-10-6-7-11-21;/h5,8-9,12,20-21H,4,6-7,10-11,13-18H2,1-3H3,(H2,25,26,27);1H. The van der Waals surface area contributed by atoms with Gasteiger partial charge in [-0.2, -0.15) is 0 Å². The molecule has 1 saturated heterocycles. The van der Waals surface area contributed by atoms with Crippen molar-refractivity contribution in [3.05, 3.63) is 35.4 Å². The maximum Gasteiger partial charge on any atom is 0.225 e. The summed E-state index contributed by atoms with van der Waals surface area (Å²) in [6, 6.07) is 8.68. The Bertz CT molecular complexity index is 712. The lowest BCUT2D eigenvalue weighted by Crippen LogP contribution is -2.50. The van der Waals surface area contributed by atoms with Gasteiger partial charge in [0.1, 0.15) is 0 Å². The van der Waals surface area contributed by atoms with Gasteiger partial charge in [0.2, 0.25) is 5.91 Å². The fraction of sp³-hybridized carbons (Fsp3) is 0.667. The Morgan fingerprint density at radius 2 is 1.84 bits per heavy atom. The van der Waals surface area contributed by atoms with Gasteiger partial charge in [-0.1, -0.05) is 37.1 Å². The SMILES string of the molecule is CCNC(=NCCN1CCN(C(=O)C2CCCC2)CC1)NC(C)c1ccccc1C.I. The van der Waals surface area contributed by atoms with Gasteiger partial charge in [-0.25, -0.2) is 0 Å². The van der Waals surface area contributed by atoms with Crippen LogP contribution in [0.5, 0.6) is 0 Å². The molecule has 3 rings (SSSR count). The third kappa shape index (κ3) is 7.63. The van der Waals surface area contributed by atoms with Gasteiger partial charge in [-0.15, -0.1) is 24.0 Å². The summed E-state index contributed by atoms with van der Waals surface area (Å²) in [7, 11) is 0. The van der Waals surface area contributed by atoms with Crippen LogP contribution in [-0.4, -0.2) is 67.5 Å². The molecule has 174 valence electrons. The number of carbonyl (C=O) groups is 1. The van der Waals surface area contributed by atoms with Crippen molar-refractivity contribution in [3.63, 3.8) is 0 Å². The average molecular weight is 542 g/mol. The van der Waals surface area contributed by atoms with E-state index in [0.717, 1.165) is 64.6 Å². The van der Waals surface area contributed by atoms with Crippen molar-refractivity contribution in [2.24, 2.45) is 10.9 Å². The van der Waals surface area contributed by atoms with Gasteiger partial charge >= 0.3 is 0 Å². The van der Waals surface area contributed by atoms with Gasteiger partial charge in [0.05, 0.1) is 12.6 Å². The van der Waals surface area contributed by atoms with Crippen molar-refractivity contribution in [2.45, 2.75) is 52.5 Å². The minimum atomic E-state index is 0. The van der Waals surface area contributed by atoms with E-state index in [0.29, 0.717) is 11.8 Å². The minimum Gasteiger partial charge on any atom is -0.357 e. The molecule has 0 aromatic heterocycles. The van der Waals surface area contributed by atoms with Crippen LogP contribution >= 0.6 is 24.0 Å². The van der Waals surface area contributed by atoms with E-state index in [1.165, 1.54) is 24.0 Å². The molecule has 1 aliphatic heterocycles. The number of benzene rings is 1. The molecular weight excluding hydrogens is 501 g/mol. The second-order valence-electron chi connectivity index (χ2n) is 8.63. The molecule has 1 saturated carbocycles. The smallest absolute Gasteiger partial charge is 0.225 e. The monoisotopic (exact) mass is 541 g/mol. The van der Waals surface area contributed by atoms with E-state index in [1.54, 1.807) is 0 Å².